The lowest BCUT2D eigenvalue weighted by molar-refractivity contribution is -0.131. The van der Waals surface area contributed by atoms with Crippen LogP contribution in [-0.4, -0.2) is 51.2 Å². The third-order valence-electron chi connectivity index (χ3n) is 6.54. The van der Waals surface area contributed by atoms with Gasteiger partial charge in [-0.25, -0.2) is 19.6 Å². The molecule has 2 aliphatic rings. The van der Waals surface area contributed by atoms with Gasteiger partial charge in [-0.15, -0.1) is 0 Å². The number of hydrogen-bond acceptors (Lipinski definition) is 6. The quantitative estimate of drug-likeness (QED) is 0.352. The van der Waals surface area contributed by atoms with E-state index in [1.54, 1.807) is 62.4 Å². The summed E-state index contributed by atoms with van der Waals surface area (Å²) in [7, 11) is 0. The van der Waals surface area contributed by atoms with E-state index in [0.717, 1.165) is 18.4 Å². The highest BCUT2D eigenvalue weighted by molar-refractivity contribution is 6.30. The number of hydrogen-bond donors (Lipinski definition) is 2. The number of benzene rings is 2. The summed E-state index contributed by atoms with van der Waals surface area (Å²) in [4.78, 5) is 49.8. The largest absolute Gasteiger partial charge is 0.456 e. The van der Waals surface area contributed by atoms with E-state index < -0.39 is 11.9 Å². The lowest BCUT2D eigenvalue weighted by Gasteiger charge is -2.38. The maximum atomic E-state index is 13.2. The Morgan fingerprint density at radius 2 is 1.73 bits per heavy atom. The molecule has 0 radical (unpaired) electrons. The van der Waals surface area contributed by atoms with E-state index in [1.165, 1.54) is 16.0 Å². The number of halogens is 1. The second kappa shape index (κ2) is 11.7. The molecular formula is C29H29ClN6O4. The van der Waals surface area contributed by atoms with Crippen molar-refractivity contribution in [1.29, 1.82) is 0 Å². The molecule has 0 bridgehead atoms. The van der Waals surface area contributed by atoms with Crippen molar-refractivity contribution in [3.8, 4) is 11.5 Å². The average Bonchev–Trinajstić information content (AvgIpc) is 3.76. The number of ether oxygens (including phenoxy) is 1. The van der Waals surface area contributed by atoms with Gasteiger partial charge in [0.05, 0.1) is 24.3 Å². The summed E-state index contributed by atoms with van der Waals surface area (Å²) >= 11 is 6.02. The van der Waals surface area contributed by atoms with Crippen molar-refractivity contribution in [1.82, 2.24) is 20.1 Å². The monoisotopic (exact) mass is 560 g/mol. The maximum absolute atomic E-state index is 13.2. The molecule has 3 aromatic rings. The van der Waals surface area contributed by atoms with Crippen LogP contribution in [0.4, 0.5) is 21.1 Å². The average molecular weight is 561 g/mol. The van der Waals surface area contributed by atoms with Crippen LogP contribution in [0.3, 0.4) is 0 Å². The molecule has 5 rings (SSSR count). The Hall–Kier alpha value is -4.44. The Bertz CT molecular complexity index is 1420. The zero-order valence-electron chi connectivity index (χ0n) is 22.1. The van der Waals surface area contributed by atoms with Crippen LogP contribution in [0.2, 0.25) is 5.02 Å². The first-order chi connectivity index (χ1) is 19.3. The Morgan fingerprint density at radius 1 is 1.02 bits per heavy atom. The molecule has 206 valence electrons. The minimum absolute atomic E-state index is 0.254. The molecule has 1 aliphatic heterocycles. The van der Waals surface area contributed by atoms with Gasteiger partial charge in [-0.3, -0.25) is 19.9 Å². The minimum atomic E-state index is -0.606. The number of rotatable bonds is 8. The lowest BCUT2D eigenvalue weighted by atomic mass is 10.0. The fourth-order valence-corrected chi connectivity index (χ4v) is 4.35. The smallest absolute Gasteiger partial charge is 0.332 e. The van der Waals surface area contributed by atoms with Gasteiger partial charge in [0, 0.05) is 17.6 Å². The SMILES string of the molecule is CCN1C(=O)C(C)C(=Nc2ccc(Oc3ccc(NC(=O)NC4CC4)nc3)cc2)N(Cc2ccc(Cl)cc2)C1=O. The fourth-order valence-electron chi connectivity index (χ4n) is 4.22. The van der Waals surface area contributed by atoms with Crippen LogP contribution in [0.1, 0.15) is 32.3 Å². The summed E-state index contributed by atoms with van der Waals surface area (Å²) in [5.74, 6) is 0.961. The van der Waals surface area contributed by atoms with Crippen molar-refractivity contribution in [2.45, 2.75) is 39.3 Å². The molecule has 2 N–H and O–H groups in total. The molecule has 1 saturated heterocycles. The number of imide groups is 1. The summed E-state index contributed by atoms with van der Waals surface area (Å²) in [5, 5.41) is 6.14. The van der Waals surface area contributed by atoms with Gasteiger partial charge in [-0.2, -0.15) is 0 Å². The number of nitrogens with zero attached hydrogens (tertiary/aromatic N) is 4. The zero-order valence-corrected chi connectivity index (χ0v) is 22.9. The number of aromatic nitrogens is 1. The van der Waals surface area contributed by atoms with Crippen LogP contribution in [0.25, 0.3) is 0 Å². The summed E-state index contributed by atoms with van der Waals surface area (Å²) in [5.41, 5.74) is 1.44. The number of pyridine rings is 1. The van der Waals surface area contributed by atoms with Crippen LogP contribution in [0, 0.1) is 5.92 Å². The third-order valence-corrected chi connectivity index (χ3v) is 6.79. The Morgan fingerprint density at radius 3 is 2.35 bits per heavy atom. The summed E-state index contributed by atoms with van der Waals surface area (Å²) < 4.78 is 5.88. The van der Waals surface area contributed by atoms with Crippen molar-refractivity contribution >= 4 is 46.9 Å². The van der Waals surface area contributed by atoms with Crippen LogP contribution in [0.15, 0.2) is 71.9 Å². The third kappa shape index (κ3) is 6.40. The van der Waals surface area contributed by atoms with E-state index in [2.05, 4.69) is 15.6 Å². The lowest BCUT2D eigenvalue weighted by Crippen LogP contribution is -2.58. The fraction of sp³-hybridized carbons (Fsp3) is 0.276. The molecule has 0 spiro atoms. The van der Waals surface area contributed by atoms with E-state index >= 15 is 0 Å². The van der Waals surface area contributed by atoms with E-state index in [0.29, 0.717) is 33.9 Å². The molecular weight excluding hydrogens is 532 g/mol. The number of carbonyl (C=O) groups excluding carboxylic acids is 3. The second-order valence-corrected chi connectivity index (χ2v) is 10.1. The highest BCUT2D eigenvalue weighted by Crippen LogP contribution is 2.28. The molecule has 1 aliphatic carbocycles. The molecule has 40 heavy (non-hydrogen) atoms. The molecule has 2 heterocycles. The topological polar surface area (TPSA) is 116 Å². The first-order valence-corrected chi connectivity index (χ1v) is 13.5. The van der Waals surface area contributed by atoms with Crippen molar-refractivity contribution in [3.05, 3.63) is 77.4 Å². The number of anilines is 1. The Kier molecular flexibility index (Phi) is 7.97. The zero-order chi connectivity index (χ0) is 28.2. The molecule has 2 aromatic carbocycles. The first-order valence-electron chi connectivity index (χ1n) is 13.1. The van der Waals surface area contributed by atoms with E-state index in [-0.39, 0.29) is 31.1 Å². The normalized spacial score (nSPS) is 18.2. The number of aliphatic imine (C=N–C) groups is 1. The Balaban J connectivity index is 1.30. The first kappa shape index (κ1) is 27.1. The Labute approximate surface area is 237 Å². The predicted molar refractivity (Wildman–Crippen MR) is 152 cm³/mol. The van der Waals surface area contributed by atoms with Crippen LogP contribution in [-0.2, 0) is 11.3 Å². The molecule has 1 aromatic heterocycles. The van der Waals surface area contributed by atoms with Gasteiger partial charge in [-0.1, -0.05) is 23.7 Å². The number of amides is 5. The van der Waals surface area contributed by atoms with Crippen LogP contribution >= 0.6 is 11.6 Å². The molecule has 2 fully saturated rings. The highest BCUT2D eigenvalue weighted by Gasteiger charge is 2.41. The van der Waals surface area contributed by atoms with Crippen molar-refractivity contribution in [2.24, 2.45) is 10.9 Å². The van der Waals surface area contributed by atoms with Crippen LogP contribution < -0.4 is 15.4 Å². The van der Waals surface area contributed by atoms with Gasteiger partial charge >= 0.3 is 12.1 Å². The van der Waals surface area contributed by atoms with Gasteiger partial charge in [0.25, 0.3) is 0 Å². The molecule has 1 atom stereocenters. The predicted octanol–water partition coefficient (Wildman–Crippen LogP) is 5.96. The summed E-state index contributed by atoms with van der Waals surface area (Å²) in [6.07, 6.45) is 3.54. The van der Waals surface area contributed by atoms with Crippen molar-refractivity contribution < 1.29 is 19.1 Å². The van der Waals surface area contributed by atoms with E-state index in [9.17, 15) is 14.4 Å². The van der Waals surface area contributed by atoms with Crippen LogP contribution in [0.5, 0.6) is 11.5 Å². The second-order valence-electron chi connectivity index (χ2n) is 9.62. The maximum Gasteiger partial charge on any atom is 0.332 e. The van der Waals surface area contributed by atoms with Gasteiger partial charge in [0.1, 0.15) is 23.2 Å². The van der Waals surface area contributed by atoms with E-state index in [4.69, 9.17) is 21.3 Å². The van der Waals surface area contributed by atoms with Gasteiger partial charge < -0.3 is 10.1 Å². The van der Waals surface area contributed by atoms with Crippen molar-refractivity contribution in [2.75, 3.05) is 11.9 Å². The van der Waals surface area contributed by atoms with Gasteiger partial charge in [0.15, 0.2) is 0 Å². The molecule has 1 saturated carbocycles. The van der Waals surface area contributed by atoms with Crippen molar-refractivity contribution in [3.63, 3.8) is 0 Å². The summed E-state index contributed by atoms with van der Waals surface area (Å²) in [6, 6.07) is 17.2. The number of nitrogens with one attached hydrogen (secondary N) is 2. The van der Waals surface area contributed by atoms with Gasteiger partial charge in [-0.05, 0) is 80.8 Å². The molecule has 5 amide bonds. The standard InChI is InChI=1S/C29H29ClN6O4/c1-3-35-27(37)18(2)26(36(29(35)39)17-19-4-6-20(30)7-5-19)32-21-10-12-23(13-11-21)40-24-14-15-25(31-16-24)34-28(38)33-22-8-9-22/h4-7,10-16,18,22H,3,8-9,17H2,1-2H3,(H2,31,33,34,38). The highest BCUT2D eigenvalue weighted by atomic mass is 35.5. The summed E-state index contributed by atoms with van der Waals surface area (Å²) in [6.45, 7) is 4.06. The van der Waals surface area contributed by atoms with E-state index in [1.807, 2.05) is 12.1 Å². The van der Waals surface area contributed by atoms with Gasteiger partial charge in [0.2, 0.25) is 5.91 Å². The number of urea groups is 2. The molecule has 11 heteroatoms. The number of amidine groups is 1. The minimum Gasteiger partial charge on any atom is -0.456 e. The number of carbonyl (C=O) groups is 3. The molecule has 1 unspecified atom stereocenters. The molecule has 10 nitrogen and oxygen atoms in total.